The van der Waals surface area contributed by atoms with Crippen LogP contribution in [0.5, 0.6) is 0 Å². The monoisotopic (exact) mass is 159 g/mol. The molecule has 0 aromatic rings. The van der Waals surface area contributed by atoms with Crippen LogP contribution in [0.25, 0.3) is 0 Å². The minimum atomic E-state index is 1.00. The van der Waals surface area contributed by atoms with E-state index >= 15 is 0 Å². The van der Waals surface area contributed by atoms with E-state index in [1.54, 1.807) is 0 Å². The summed E-state index contributed by atoms with van der Waals surface area (Å²) in [6.07, 6.45) is 2.84. The largest absolute Gasteiger partial charge is 0.265 e. The van der Waals surface area contributed by atoms with Crippen LogP contribution >= 0.6 is 15.9 Å². The van der Waals surface area contributed by atoms with Gasteiger partial charge in [-0.3, -0.25) is 4.99 Å². The molecule has 0 unspecified atom stereocenters. The van der Waals surface area contributed by atoms with Gasteiger partial charge in [0.05, 0.1) is 0 Å². The van der Waals surface area contributed by atoms with E-state index in [4.69, 9.17) is 0 Å². The molecule has 1 heterocycles. The predicted octanol–water partition coefficient (Wildman–Crippen LogP) is 2.09. The van der Waals surface area contributed by atoms with Crippen molar-refractivity contribution < 1.29 is 0 Å². The number of hydrogen-bond acceptors (Lipinski definition) is 1. The van der Waals surface area contributed by atoms with Crippen molar-refractivity contribution in [2.75, 3.05) is 0 Å². The van der Waals surface area contributed by atoms with Gasteiger partial charge in [-0.05, 0) is 6.92 Å². The van der Waals surface area contributed by atoms with E-state index in [2.05, 4.69) is 20.9 Å². The molecule has 0 radical (unpaired) electrons. The van der Waals surface area contributed by atoms with Gasteiger partial charge < -0.3 is 0 Å². The highest BCUT2D eigenvalue weighted by atomic mass is 79.9. The average molecular weight is 160 g/mol. The third-order valence-corrected chi connectivity index (χ3v) is 1.33. The molecule has 0 fully saturated rings. The van der Waals surface area contributed by atoms with Crippen molar-refractivity contribution in [3.8, 4) is 0 Å². The van der Waals surface area contributed by atoms with Crippen LogP contribution in [0.15, 0.2) is 15.7 Å². The Kier molecular flexibility index (Phi) is 1.28. The van der Waals surface area contributed by atoms with Crippen molar-refractivity contribution >= 4 is 21.6 Å². The van der Waals surface area contributed by atoms with Crippen LogP contribution in [-0.4, -0.2) is 5.71 Å². The first kappa shape index (κ1) is 5.04. The van der Waals surface area contributed by atoms with Gasteiger partial charge in [0.25, 0.3) is 0 Å². The summed E-state index contributed by atoms with van der Waals surface area (Å²) in [5.41, 5.74) is 1.19. The Morgan fingerprint density at radius 3 is 2.71 bits per heavy atom. The fraction of sp³-hybridized carbons (Fsp3) is 0.400. The van der Waals surface area contributed by atoms with Gasteiger partial charge >= 0.3 is 0 Å². The zero-order valence-electron chi connectivity index (χ0n) is 4.11. The molecule has 0 spiro atoms. The molecule has 0 N–H and O–H groups in total. The molecule has 0 aromatic carbocycles. The van der Waals surface area contributed by atoms with Crippen LogP contribution in [0.1, 0.15) is 13.3 Å². The third kappa shape index (κ3) is 1.13. The standard InChI is InChI=1S/C5H6BrN/c1-4-2-5(6)3-7-4/h3H,2H2,1H3. The van der Waals surface area contributed by atoms with Crippen LogP contribution in [0.3, 0.4) is 0 Å². The molecule has 0 amide bonds. The summed E-state index contributed by atoms with van der Waals surface area (Å²) in [6.45, 7) is 2.02. The van der Waals surface area contributed by atoms with Gasteiger partial charge in [0.1, 0.15) is 0 Å². The lowest BCUT2D eigenvalue weighted by molar-refractivity contribution is 1.48. The van der Waals surface area contributed by atoms with Crippen LogP contribution in [0.4, 0.5) is 0 Å². The first-order valence-electron chi connectivity index (χ1n) is 2.17. The Morgan fingerprint density at radius 2 is 2.57 bits per heavy atom. The molecular weight excluding hydrogens is 154 g/mol. The Hall–Kier alpha value is -0.110. The summed E-state index contributed by atoms with van der Waals surface area (Å²) in [6, 6.07) is 0. The van der Waals surface area contributed by atoms with Gasteiger partial charge in [0, 0.05) is 22.8 Å². The number of rotatable bonds is 0. The molecule has 0 aromatic heterocycles. The summed E-state index contributed by atoms with van der Waals surface area (Å²) in [4.78, 5) is 4.02. The molecule has 0 aliphatic carbocycles. The van der Waals surface area contributed by atoms with Gasteiger partial charge in [0.2, 0.25) is 0 Å². The zero-order chi connectivity index (χ0) is 5.28. The maximum absolute atomic E-state index is 4.02. The lowest BCUT2D eigenvalue weighted by atomic mass is 10.3. The highest BCUT2D eigenvalue weighted by Gasteiger charge is 1.99. The van der Waals surface area contributed by atoms with Crippen molar-refractivity contribution in [2.24, 2.45) is 4.99 Å². The quantitative estimate of drug-likeness (QED) is 0.514. The van der Waals surface area contributed by atoms with Gasteiger partial charge in [-0.1, -0.05) is 15.9 Å². The van der Waals surface area contributed by atoms with E-state index in [-0.39, 0.29) is 0 Å². The lowest BCUT2D eigenvalue weighted by Gasteiger charge is -1.82. The molecule has 0 bridgehead atoms. The second kappa shape index (κ2) is 1.78. The summed E-state index contributed by atoms with van der Waals surface area (Å²) >= 11 is 3.33. The average Bonchev–Trinajstić information content (AvgIpc) is 1.87. The third-order valence-electron chi connectivity index (χ3n) is 0.850. The molecule has 0 saturated heterocycles. The zero-order valence-corrected chi connectivity index (χ0v) is 5.70. The van der Waals surface area contributed by atoms with Crippen LogP contribution in [0.2, 0.25) is 0 Å². The minimum Gasteiger partial charge on any atom is -0.265 e. The van der Waals surface area contributed by atoms with Crippen molar-refractivity contribution in [3.63, 3.8) is 0 Å². The molecule has 0 saturated carbocycles. The summed E-state index contributed by atoms with van der Waals surface area (Å²) in [5.74, 6) is 0. The number of nitrogens with zero attached hydrogens (tertiary/aromatic N) is 1. The van der Waals surface area contributed by atoms with Gasteiger partial charge in [-0.2, -0.15) is 0 Å². The van der Waals surface area contributed by atoms with Crippen molar-refractivity contribution in [3.05, 3.63) is 10.7 Å². The topological polar surface area (TPSA) is 12.4 Å². The Labute approximate surface area is 51.3 Å². The molecule has 1 aliphatic rings. The molecular formula is C5H6BrN. The smallest absolute Gasteiger partial charge is 0.0372 e. The normalized spacial score (nSPS) is 19.1. The van der Waals surface area contributed by atoms with Crippen LogP contribution < -0.4 is 0 Å². The van der Waals surface area contributed by atoms with Crippen LogP contribution in [0, 0.1) is 0 Å². The van der Waals surface area contributed by atoms with E-state index in [0.29, 0.717) is 0 Å². The second-order valence-electron chi connectivity index (χ2n) is 1.62. The van der Waals surface area contributed by atoms with Crippen molar-refractivity contribution in [1.82, 2.24) is 0 Å². The van der Waals surface area contributed by atoms with Crippen LogP contribution in [-0.2, 0) is 0 Å². The van der Waals surface area contributed by atoms with Gasteiger partial charge in [-0.25, -0.2) is 0 Å². The molecule has 1 nitrogen and oxygen atoms in total. The summed E-state index contributed by atoms with van der Waals surface area (Å²) < 4.78 is 1.19. The van der Waals surface area contributed by atoms with Crippen molar-refractivity contribution in [2.45, 2.75) is 13.3 Å². The van der Waals surface area contributed by atoms with E-state index in [1.807, 2.05) is 13.1 Å². The first-order valence-corrected chi connectivity index (χ1v) is 2.96. The summed E-state index contributed by atoms with van der Waals surface area (Å²) in [5, 5.41) is 0. The maximum atomic E-state index is 4.02. The molecule has 0 atom stereocenters. The summed E-state index contributed by atoms with van der Waals surface area (Å²) in [7, 11) is 0. The fourth-order valence-electron chi connectivity index (χ4n) is 0.516. The first-order chi connectivity index (χ1) is 3.29. The van der Waals surface area contributed by atoms with Gasteiger partial charge in [0.15, 0.2) is 0 Å². The SMILES string of the molecule is CC1=NC=C(Br)C1. The molecule has 1 aliphatic heterocycles. The highest BCUT2D eigenvalue weighted by Crippen LogP contribution is 2.16. The fourth-order valence-corrected chi connectivity index (χ4v) is 1.02. The maximum Gasteiger partial charge on any atom is 0.0372 e. The second-order valence-corrected chi connectivity index (χ2v) is 2.64. The Bertz CT molecular complexity index is 119. The number of aliphatic imine (C=N–C) groups is 1. The molecule has 7 heavy (non-hydrogen) atoms. The molecule has 38 valence electrons. The van der Waals surface area contributed by atoms with E-state index in [9.17, 15) is 0 Å². The van der Waals surface area contributed by atoms with Crippen molar-refractivity contribution in [1.29, 1.82) is 0 Å². The number of hydrogen-bond donors (Lipinski definition) is 0. The van der Waals surface area contributed by atoms with E-state index in [1.165, 1.54) is 10.2 Å². The Morgan fingerprint density at radius 1 is 1.86 bits per heavy atom. The number of allylic oxidation sites excluding steroid dienone is 1. The highest BCUT2D eigenvalue weighted by molar-refractivity contribution is 9.11. The predicted molar refractivity (Wildman–Crippen MR) is 34.7 cm³/mol. The number of halogens is 1. The molecule has 2 heteroatoms. The van der Waals surface area contributed by atoms with Gasteiger partial charge in [-0.15, -0.1) is 0 Å². The van der Waals surface area contributed by atoms with E-state index in [0.717, 1.165) is 6.42 Å². The van der Waals surface area contributed by atoms with E-state index < -0.39 is 0 Å². The lowest BCUT2D eigenvalue weighted by Crippen LogP contribution is -1.80. The molecule has 1 rings (SSSR count). The minimum absolute atomic E-state index is 1.00. The Balaban J connectivity index is 2.61.